The number of hydrogen-bond acceptors (Lipinski definition) is 13. The van der Waals surface area contributed by atoms with E-state index in [-0.39, 0.29) is 37.8 Å². The first kappa shape index (κ1) is 48.8. The maximum absolute atomic E-state index is 14.3. The first-order valence-electron chi connectivity index (χ1n) is 22.7. The van der Waals surface area contributed by atoms with E-state index in [0.29, 0.717) is 22.9 Å². The van der Waals surface area contributed by atoms with E-state index in [0.717, 1.165) is 59.4 Å². The number of aliphatic hydroxyl groups excluding tert-OH is 2. The van der Waals surface area contributed by atoms with Crippen LogP contribution in [0.2, 0.25) is 0 Å². The standard InChI is InChI=1S/C51H56N8O8S2/c1-26-29(4)69-50-43(26)44(54-38(21-42(63)64)47-57-56-30(5)59(47)50)33-13-11-32(12-14-33)35-17-18-40(36(19-35)23-60)67-24-41(62)55-46(51(6,7)8)49(66)58-22-37(61)20-39(58)48(65)53-27(2)31-9-15-34(16-10-31)45-28(3)52-25-68-45/h9-19,25,27,37-39,46,60-61H,20-24H2,1-8H3,(H,53,65)(H,55,62)(H,63,64)/t27-,37+,38-,39-,46+/m0/s1. The van der Waals surface area contributed by atoms with Crippen molar-refractivity contribution in [1.82, 2.24) is 35.3 Å². The van der Waals surface area contributed by atoms with Gasteiger partial charge in [-0.1, -0.05) is 75.4 Å². The number of rotatable bonds is 14. The number of thiophene rings is 1. The van der Waals surface area contributed by atoms with Crippen molar-refractivity contribution in [2.45, 2.75) is 105 Å². The van der Waals surface area contributed by atoms with Gasteiger partial charge in [-0.25, -0.2) is 4.98 Å². The van der Waals surface area contributed by atoms with E-state index in [1.807, 2.05) is 115 Å². The molecule has 3 aromatic carbocycles. The Labute approximate surface area is 408 Å². The fourth-order valence-electron chi connectivity index (χ4n) is 8.90. The van der Waals surface area contributed by atoms with Gasteiger partial charge in [-0.05, 0) is 80.0 Å². The molecule has 3 aromatic heterocycles. The Kier molecular flexibility index (Phi) is 14.0. The van der Waals surface area contributed by atoms with E-state index in [9.17, 15) is 34.5 Å². The van der Waals surface area contributed by atoms with Crippen LogP contribution in [0.25, 0.3) is 26.6 Å². The summed E-state index contributed by atoms with van der Waals surface area (Å²) in [5.41, 5.74) is 9.32. The average Bonchev–Trinajstić information content (AvgIpc) is 4.09. The molecule has 18 heteroatoms. The number of aliphatic carboxylic acids is 1. The highest BCUT2D eigenvalue weighted by atomic mass is 32.1. The van der Waals surface area contributed by atoms with Crippen LogP contribution in [0.4, 0.5) is 0 Å². The molecule has 6 aromatic rings. The Bertz CT molecular complexity index is 2950. The van der Waals surface area contributed by atoms with Gasteiger partial charge in [0.1, 0.15) is 34.7 Å². The Balaban J connectivity index is 0.931. The van der Waals surface area contributed by atoms with Gasteiger partial charge in [0.15, 0.2) is 12.4 Å². The molecular formula is C51H56N8O8S2. The number of nitrogens with zero attached hydrogens (tertiary/aromatic N) is 6. The lowest BCUT2D eigenvalue weighted by atomic mass is 9.85. The highest BCUT2D eigenvalue weighted by Gasteiger charge is 2.45. The maximum atomic E-state index is 14.3. The molecule has 0 bridgehead atoms. The fraction of sp³-hybridized carbons (Fsp3) is 0.373. The molecule has 3 amide bonds. The van der Waals surface area contributed by atoms with Crippen LogP contribution in [0.5, 0.6) is 5.75 Å². The van der Waals surface area contributed by atoms with Gasteiger partial charge in [0.2, 0.25) is 11.8 Å². The third-order valence-electron chi connectivity index (χ3n) is 12.7. The number of hydrogen-bond donors (Lipinski definition) is 5. The van der Waals surface area contributed by atoms with Crippen LogP contribution in [0.3, 0.4) is 0 Å². The van der Waals surface area contributed by atoms with Gasteiger partial charge in [-0.15, -0.1) is 32.9 Å². The van der Waals surface area contributed by atoms with Crippen LogP contribution < -0.4 is 15.4 Å². The number of nitrogens with one attached hydrogen (secondary N) is 2. The summed E-state index contributed by atoms with van der Waals surface area (Å²) in [7, 11) is 0. The number of ether oxygens (including phenoxy) is 1. The molecule has 8 rings (SSSR count). The van der Waals surface area contributed by atoms with E-state index in [1.165, 1.54) is 4.90 Å². The Hall–Kier alpha value is -6.60. The zero-order chi connectivity index (χ0) is 49.5. The molecule has 5 atom stereocenters. The highest BCUT2D eigenvalue weighted by molar-refractivity contribution is 7.15. The van der Waals surface area contributed by atoms with Gasteiger partial charge in [-0.3, -0.25) is 28.7 Å². The average molecular weight is 973 g/mol. The minimum Gasteiger partial charge on any atom is -0.483 e. The number of β-amino-alcohol motifs (C(OH)–C–C–N with tert-alkyl or cyclic N) is 1. The molecule has 2 aliphatic heterocycles. The molecule has 69 heavy (non-hydrogen) atoms. The predicted molar refractivity (Wildman–Crippen MR) is 264 cm³/mol. The molecule has 5 heterocycles. The van der Waals surface area contributed by atoms with Gasteiger partial charge in [0.25, 0.3) is 5.91 Å². The smallest absolute Gasteiger partial charge is 0.306 e. The number of benzene rings is 3. The lowest BCUT2D eigenvalue weighted by Crippen LogP contribution is -2.58. The van der Waals surface area contributed by atoms with E-state index < -0.39 is 59.9 Å². The third-order valence-corrected chi connectivity index (χ3v) is 14.9. The molecule has 0 spiro atoms. The summed E-state index contributed by atoms with van der Waals surface area (Å²) < 4.78 is 7.86. The minimum absolute atomic E-state index is 0.0523. The highest BCUT2D eigenvalue weighted by Crippen LogP contribution is 2.40. The first-order valence-corrected chi connectivity index (χ1v) is 24.4. The summed E-state index contributed by atoms with van der Waals surface area (Å²) in [4.78, 5) is 66.5. The number of aromatic nitrogens is 4. The van der Waals surface area contributed by atoms with Crippen LogP contribution in [-0.2, 0) is 25.8 Å². The number of aliphatic imine (C=N–C) groups is 1. The van der Waals surface area contributed by atoms with Crippen molar-refractivity contribution in [3.8, 4) is 32.3 Å². The normalized spacial score (nSPS) is 17.6. The van der Waals surface area contributed by atoms with Gasteiger partial charge >= 0.3 is 5.97 Å². The number of carboxylic acids is 1. The number of fused-ring (bicyclic) bond motifs is 3. The molecule has 0 unspecified atom stereocenters. The summed E-state index contributed by atoms with van der Waals surface area (Å²) in [6, 6.07) is 17.7. The van der Waals surface area contributed by atoms with Crippen molar-refractivity contribution >= 4 is 52.1 Å². The molecule has 1 fully saturated rings. The molecule has 0 aliphatic carbocycles. The number of thiazole rings is 1. The van der Waals surface area contributed by atoms with Crippen molar-refractivity contribution in [2.75, 3.05) is 13.2 Å². The van der Waals surface area contributed by atoms with Crippen molar-refractivity contribution in [1.29, 1.82) is 0 Å². The van der Waals surface area contributed by atoms with E-state index in [1.54, 1.807) is 40.3 Å². The number of likely N-dealkylation sites (tertiary alicyclic amines) is 1. The van der Waals surface area contributed by atoms with Crippen molar-refractivity contribution in [2.24, 2.45) is 10.4 Å². The number of carboxylic acid groups (broad SMARTS) is 1. The van der Waals surface area contributed by atoms with Crippen molar-refractivity contribution in [3.63, 3.8) is 0 Å². The SMILES string of the molecule is Cc1ncsc1-c1ccc([C@H](C)NC(=O)[C@@H]2C[C@@H](O)CN2C(=O)[C@@H](NC(=O)COc2ccc(-c3ccc(C4=N[C@@H](CC(=O)O)c5nnc(C)n5-c5sc(C)c(C)c54)cc3)cc2CO)C(C)(C)C)cc1. The van der Waals surface area contributed by atoms with E-state index in [4.69, 9.17) is 9.73 Å². The van der Waals surface area contributed by atoms with Crippen molar-refractivity contribution in [3.05, 3.63) is 122 Å². The Morgan fingerprint density at radius 1 is 0.913 bits per heavy atom. The van der Waals surface area contributed by atoms with Crippen LogP contribution in [0, 0.1) is 33.1 Å². The Morgan fingerprint density at radius 3 is 2.25 bits per heavy atom. The molecule has 0 radical (unpaired) electrons. The van der Waals surface area contributed by atoms with E-state index in [2.05, 4.69) is 25.8 Å². The zero-order valence-corrected chi connectivity index (χ0v) is 41.4. The molecule has 1 saturated heterocycles. The second-order valence-corrected chi connectivity index (χ2v) is 20.8. The van der Waals surface area contributed by atoms with Crippen molar-refractivity contribution < 1.29 is 39.2 Å². The third kappa shape index (κ3) is 10.1. The first-order chi connectivity index (χ1) is 32.8. The van der Waals surface area contributed by atoms with Crippen LogP contribution in [0.15, 0.2) is 77.2 Å². The second kappa shape index (κ2) is 19.8. The number of amides is 3. The second-order valence-electron chi connectivity index (χ2n) is 18.7. The van der Waals surface area contributed by atoms with Crippen LogP contribution >= 0.6 is 22.7 Å². The van der Waals surface area contributed by atoms with Gasteiger partial charge in [0, 0.05) is 34.5 Å². The summed E-state index contributed by atoms with van der Waals surface area (Å²) in [5.74, 6) is -1.08. The Morgan fingerprint density at radius 2 is 1.59 bits per heavy atom. The predicted octanol–water partition coefficient (Wildman–Crippen LogP) is 6.96. The summed E-state index contributed by atoms with van der Waals surface area (Å²) in [6.07, 6.45) is -1.12. The molecular weight excluding hydrogens is 917 g/mol. The summed E-state index contributed by atoms with van der Waals surface area (Å²) in [6.45, 7) is 14.3. The fourth-order valence-corrected chi connectivity index (χ4v) is 10.9. The van der Waals surface area contributed by atoms with Gasteiger partial charge in [0.05, 0.1) is 47.0 Å². The van der Waals surface area contributed by atoms with Crippen LogP contribution in [-0.4, -0.2) is 101 Å². The minimum atomic E-state index is -1.06. The van der Waals surface area contributed by atoms with E-state index >= 15 is 0 Å². The lowest BCUT2D eigenvalue weighted by molar-refractivity contribution is -0.144. The molecule has 360 valence electrons. The molecule has 5 N–H and O–H groups in total. The summed E-state index contributed by atoms with van der Waals surface area (Å²) >= 11 is 3.15. The quantitative estimate of drug-likeness (QED) is 0.0751. The molecule has 16 nitrogen and oxygen atoms in total. The zero-order valence-electron chi connectivity index (χ0n) is 39.7. The maximum Gasteiger partial charge on any atom is 0.306 e. The monoisotopic (exact) mass is 972 g/mol. The number of aliphatic hydroxyl groups is 2. The number of carbonyl (C=O) groups is 4. The molecule has 2 aliphatic rings. The number of carbonyl (C=O) groups excluding carboxylic acids is 3. The largest absolute Gasteiger partial charge is 0.483 e. The number of aryl methyl sites for hydroxylation is 3. The molecule has 0 saturated carbocycles. The lowest BCUT2D eigenvalue weighted by Gasteiger charge is -2.35. The van der Waals surface area contributed by atoms with Gasteiger partial charge < -0.3 is 35.6 Å². The summed E-state index contributed by atoms with van der Waals surface area (Å²) in [5, 5.41) is 46.3. The topological polar surface area (TPSA) is 221 Å². The van der Waals surface area contributed by atoms with Crippen LogP contribution in [0.1, 0.15) is 103 Å². The van der Waals surface area contributed by atoms with Gasteiger partial charge in [-0.2, -0.15) is 0 Å².